The Kier molecular flexibility index (Phi) is 3.91. The lowest BCUT2D eigenvalue weighted by Crippen LogP contribution is -2.45. The molecule has 1 N–H and O–H groups in total. The molecule has 4 nitrogen and oxygen atoms in total. The number of benzene rings is 1. The van der Waals surface area contributed by atoms with Gasteiger partial charge in [0.05, 0.1) is 12.2 Å². The Labute approximate surface area is 138 Å². The molecule has 4 heteroatoms. The fourth-order valence-corrected chi connectivity index (χ4v) is 3.96. The van der Waals surface area contributed by atoms with Gasteiger partial charge in [-0.2, -0.15) is 0 Å². The van der Waals surface area contributed by atoms with Crippen molar-refractivity contribution in [2.75, 3.05) is 31.2 Å². The summed E-state index contributed by atoms with van der Waals surface area (Å²) >= 11 is 0. The predicted molar refractivity (Wildman–Crippen MR) is 91.9 cm³/mol. The average molecular weight is 317 g/mol. The number of aliphatic hydroxyl groups excluding tert-OH is 1. The molecule has 1 aromatic carbocycles. The molecule has 1 aromatic rings. The maximum Gasteiger partial charge on any atom is 0.153 e. The van der Waals surface area contributed by atoms with Gasteiger partial charge in [-0.1, -0.05) is 27.7 Å². The second kappa shape index (κ2) is 5.52. The van der Waals surface area contributed by atoms with Crippen LogP contribution in [0.15, 0.2) is 6.07 Å². The van der Waals surface area contributed by atoms with Gasteiger partial charge in [0.2, 0.25) is 0 Å². The van der Waals surface area contributed by atoms with Crippen molar-refractivity contribution < 1.29 is 14.6 Å². The standard InChI is InChI=1S/C19H27NO3/c1-18(2)5-7-20-8-6-19(3,4)15-16(20)14(18)11-13(12-22)17(15)23-10-9-21/h11-12,21H,5-10H2,1-4H3. The Balaban J connectivity index is 2.32. The zero-order valence-corrected chi connectivity index (χ0v) is 14.6. The molecule has 0 saturated heterocycles. The quantitative estimate of drug-likeness (QED) is 0.867. The molecule has 0 unspecified atom stereocenters. The zero-order chi connectivity index (χ0) is 16.8. The topological polar surface area (TPSA) is 49.8 Å². The summed E-state index contributed by atoms with van der Waals surface area (Å²) in [5.41, 5.74) is 4.28. The Morgan fingerprint density at radius 2 is 1.87 bits per heavy atom. The summed E-state index contributed by atoms with van der Waals surface area (Å²) in [5, 5.41) is 9.15. The van der Waals surface area contributed by atoms with E-state index in [1.807, 2.05) is 6.07 Å². The van der Waals surface area contributed by atoms with Gasteiger partial charge in [0.15, 0.2) is 6.29 Å². The smallest absolute Gasteiger partial charge is 0.153 e. The third kappa shape index (κ3) is 2.53. The van der Waals surface area contributed by atoms with Crippen LogP contribution in [0.25, 0.3) is 0 Å². The minimum absolute atomic E-state index is 0.0438. The number of hydrogen-bond donors (Lipinski definition) is 1. The molecule has 2 aliphatic rings. The van der Waals surface area contributed by atoms with Crippen molar-refractivity contribution in [3.05, 3.63) is 22.8 Å². The van der Waals surface area contributed by atoms with Gasteiger partial charge >= 0.3 is 0 Å². The molecule has 0 fully saturated rings. The zero-order valence-electron chi connectivity index (χ0n) is 14.6. The maximum absolute atomic E-state index is 11.7. The minimum Gasteiger partial charge on any atom is -0.490 e. The van der Waals surface area contributed by atoms with E-state index in [0.717, 1.165) is 37.8 Å². The van der Waals surface area contributed by atoms with Gasteiger partial charge in [0.1, 0.15) is 12.4 Å². The highest BCUT2D eigenvalue weighted by Crippen LogP contribution is 2.53. The highest BCUT2D eigenvalue weighted by atomic mass is 16.5. The van der Waals surface area contributed by atoms with Crippen molar-refractivity contribution in [2.24, 2.45) is 0 Å². The van der Waals surface area contributed by atoms with Gasteiger partial charge in [-0.15, -0.1) is 0 Å². The number of nitrogens with zero attached hydrogens (tertiary/aromatic N) is 1. The summed E-state index contributed by atoms with van der Waals surface area (Å²) in [6, 6.07) is 2.01. The van der Waals surface area contributed by atoms with Crippen molar-refractivity contribution in [1.82, 2.24) is 0 Å². The number of hydrogen-bond acceptors (Lipinski definition) is 4. The molecular weight excluding hydrogens is 290 g/mol. The van der Waals surface area contributed by atoms with Crippen LogP contribution in [0.1, 0.15) is 62.0 Å². The number of aliphatic hydroxyl groups is 1. The van der Waals surface area contributed by atoms with Gasteiger partial charge < -0.3 is 14.7 Å². The van der Waals surface area contributed by atoms with Crippen molar-refractivity contribution in [3.8, 4) is 5.75 Å². The maximum atomic E-state index is 11.7. The van der Waals surface area contributed by atoms with E-state index in [2.05, 4.69) is 32.6 Å². The number of aldehydes is 1. The van der Waals surface area contributed by atoms with Gasteiger partial charge in [-0.3, -0.25) is 4.79 Å². The lowest BCUT2D eigenvalue weighted by atomic mass is 9.69. The van der Waals surface area contributed by atoms with Crippen LogP contribution in [0, 0.1) is 0 Å². The molecule has 0 amide bonds. The van der Waals surface area contributed by atoms with Crippen LogP contribution in [-0.4, -0.2) is 37.7 Å². The molecule has 0 radical (unpaired) electrons. The van der Waals surface area contributed by atoms with E-state index in [4.69, 9.17) is 9.84 Å². The van der Waals surface area contributed by atoms with Gasteiger partial charge in [0.25, 0.3) is 0 Å². The van der Waals surface area contributed by atoms with E-state index < -0.39 is 0 Å². The second-order valence-electron chi connectivity index (χ2n) is 8.01. The summed E-state index contributed by atoms with van der Waals surface area (Å²) in [7, 11) is 0. The van der Waals surface area contributed by atoms with Gasteiger partial charge in [-0.25, -0.2) is 0 Å². The summed E-state index contributed by atoms with van der Waals surface area (Å²) in [6.45, 7) is 11.2. The van der Waals surface area contributed by atoms with E-state index in [1.54, 1.807) is 0 Å². The van der Waals surface area contributed by atoms with Crippen LogP contribution < -0.4 is 9.64 Å². The fraction of sp³-hybridized carbons (Fsp3) is 0.632. The molecule has 0 spiro atoms. The Hall–Kier alpha value is -1.55. The van der Waals surface area contributed by atoms with E-state index in [1.165, 1.54) is 11.3 Å². The summed E-state index contributed by atoms with van der Waals surface area (Å²) in [6.07, 6.45) is 3.02. The second-order valence-corrected chi connectivity index (χ2v) is 8.01. The van der Waals surface area contributed by atoms with Gasteiger partial charge in [-0.05, 0) is 35.3 Å². The van der Waals surface area contributed by atoms with Crippen LogP contribution in [0.3, 0.4) is 0 Å². The molecule has 0 aliphatic carbocycles. The minimum atomic E-state index is -0.0511. The molecule has 0 bridgehead atoms. The first-order valence-corrected chi connectivity index (χ1v) is 8.47. The van der Waals surface area contributed by atoms with Crippen molar-refractivity contribution >= 4 is 12.0 Å². The highest BCUT2D eigenvalue weighted by Gasteiger charge is 2.42. The first kappa shape index (κ1) is 16.3. The molecule has 0 aromatic heterocycles. The molecular formula is C19H27NO3. The summed E-state index contributed by atoms with van der Waals surface area (Å²) < 4.78 is 5.84. The third-order valence-corrected chi connectivity index (χ3v) is 5.48. The monoisotopic (exact) mass is 317 g/mol. The van der Waals surface area contributed by atoms with Crippen LogP contribution in [0.4, 0.5) is 5.69 Å². The fourth-order valence-electron chi connectivity index (χ4n) is 3.96. The third-order valence-electron chi connectivity index (χ3n) is 5.48. The molecule has 2 aliphatic heterocycles. The first-order chi connectivity index (χ1) is 10.8. The van der Waals surface area contributed by atoms with Crippen LogP contribution in [0.2, 0.25) is 0 Å². The Morgan fingerprint density at radius 1 is 1.22 bits per heavy atom. The Bertz CT molecular complexity index is 632. The summed E-state index contributed by atoms with van der Waals surface area (Å²) in [4.78, 5) is 14.2. The van der Waals surface area contributed by atoms with Crippen LogP contribution >= 0.6 is 0 Å². The lowest BCUT2D eigenvalue weighted by molar-refractivity contribution is 0.111. The van der Waals surface area contributed by atoms with Crippen LogP contribution in [0.5, 0.6) is 5.75 Å². The average Bonchev–Trinajstić information content (AvgIpc) is 2.50. The van der Waals surface area contributed by atoms with Crippen LogP contribution in [-0.2, 0) is 10.8 Å². The molecule has 23 heavy (non-hydrogen) atoms. The largest absolute Gasteiger partial charge is 0.490 e. The number of ether oxygens (including phenoxy) is 1. The first-order valence-electron chi connectivity index (χ1n) is 8.47. The molecule has 2 heterocycles. The SMILES string of the molecule is CC1(C)CCN2CCC(C)(C)c3c(OCCO)c(C=O)cc1c32. The predicted octanol–water partition coefficient (Wildman–Crippen LogP) is 3.04. The molecule has 3 rings (SSSR count). The van der Waals surface area contributed by atoms with Crippen molar-refractivity contribution in [1.29, 1.82) is 0 Å². The highest BCUT2D eigenvalue weighted by molar-refractivity contribution is 5.86. The number of rotatable bonds is 4. The molecule has 126 valence electrons. The van der Waals surface area contributed by atoms with Crippen molar-refractivity contribution in [3.63, 3.8) is 0 Å². The van der Waals surface area contributed by atoms with E-state index in [9.17, 15) is 4.79 Å². The van der Waals surface area contributed by atoms with Gasteiger partial charge in [0, 0.05) is 24.3 Å². The summed E-state index contributed by atoms with van der Waals surface area (Å²) in [5.74, 6) is 0.667. The normalized spacial score (nSPS) is 20.8. The molecule has 0 atom stereocenters. The number of anilines is 1. The lowest BCUT2D eigenvalue weighted by Gasteiger charge is -2.48. The number of carbonyl (C=O) groups is 1. The molecule has 0 saturated carbocycles. The van der Waals surface area contributed by atoms with E-state index in [-0.39, 0.29) is 24.0 Å². The van der Waals surface area contributed by atoms with E-state index >= 15 is 0 Å². The van der Waals surface area contributed by atoms with Crippen molar-refractivity contribution in [2.45, 2.75) is 51.4 Å². The van der Waals surface area contributed by atoms with E-state index in [0.29, 0.717) is 11.3 Å². The Morgan fingerprint density at radius 3 is 2.48 bits per heavy atom. The number of carbonyl (C=O) groups excluding carboxylic acids is 1.